The van der Waals surface area contributed by atoms with Crippen molar-refractivity contribution >= 4 is 11.6 Å². The van der Waals surface area contributed by atoms with Crippen LogP contribution in [0.4, 0.5) is 0 Å². The molecule has 0 aromatic carbocycles. The first-order chi connectivity index (χ1) is 10.5. The molecule has 1 saturated heterocycles. The van der Waals surface area contributed by atoms with E-state index in [1.807, 2.05) is 6.92 Å². The minimum atomic E-state index is 0.294. The summed E-state index contributed by atoms with van der Waals surface area (Å²) < 4.78 is 5.46. The van der Waals surface area contributed by atoms with Crippen molar-refractivity contribution in [3.8, 4) is 0 Å². The Morgan fingerprint density at radius 3 is 2.91 bits per heavy atom. The molecule has 0 amide bonds. The third-order valence-electron chi connectivity index (χ3n) is 4.14. The van der Waals surface area contributed by atoms with Gasteiger partial charge in [-0.1, -0.05) is 30.6 Å². The van der Waals surface area contributed by atoms with E-state index in [9.17, 15) is 0 Å². The Morgan fingerprint density at radius 1 is 1.45 bits per heavy atom. The maximum Gasteiger partial charge on any atom is 0.231 e. The average Bonchev–Trinajstić information content (AvgIpc) is 3.11. The van der Waals surface area contributed by atoms with E-state index in [0.717, 1.165) is 60.6 Å². The summed E-state index contributed by atoms with van der Waals surface area (Å²) >= 11 is 6.26. The fourth-order valence-corrected chi connectivity index (χ4v) is 2.98. The lowest BCUT2D eigenvalue weighted by Gasteiger charge is -2.30. The summed E-state index contributed by atoms with van der Waals surface area (Å²) in [4.78, 5) is 6.90. The van der Waals surface area contributed by atoms with Gasteiger partial charge in [-0.15, -0.1) is 0 Å². The van der Waals surface area contributed by atoms with Crippen molar-refractivity contribution in [2.75, 3.05) is 13.1 Å². The number of rotatable bonds is 4. The lowest BCUT2D eigenvalue weighted by atomic mass is 9.98. The highest BCUT2D eigenvalue weighted by atomic mass is 35.5. The first-order valence-corrected chi connectivity index (χ1v) is 8.17. The Morgan fingerprint density at radius 2 is 2.27 bits per heavy atom. The van der Waals surface area contributed by atoms with Crippen molar-refractivity contribution in [3.63, 3.8) is 0 Å². The summed E-state index contributed by atoms with van der Waals surface area (Å²) in [6.45, 7) is 8.79. The van der Waals surface area contributed by atoms with E-state index in [1.165, 1.54) is 0 Å². The first kappa shape index (κ1) is 15.5. The van der Waals surface area contributed by atoms with E-state index in [1.54, 1.807) is 0 Å². The third-order valence-corrected chi connectivity index (χ3v) is 4.64. The molecule has 2 aromatic rings. The standard InChI is InChI=1S/C15H22ClN5O/c1-9(2)14-17-15(22-20-14)11-5-4-6-21(7-11)8-12-13(16)10(3)18-19-12/h9,11H,4-8H2,1-3H3,(H,18,19)/t11-/m0/s1. The fraction of sp³-hybridized carbons (Fsp3) is 0.667. The number of aryl methyl sites for hydroxylation is 1. The average molecular weight is 324 g/mol. The monoisotopic (exact) mass is 323 g/mol. The topological polar surface area (TPSA) is 70.8 Å². The number of nitrogens with one attached hydrogen (secondary N) is 1. The van der Waals surface area contributed by atoms with E-state index in [4.69, 9.17) is 16.1 Å². The highest BCUT2D eigenvalue weighted by molar-refractivity contribution is 6.31. The second-order valence-corrected chi connectivity index (χ2v) is 6.71. The van der Waals surface area contributed by atoms with Crippen LogP contribution >= 0.6 is 11.6 Å². The van der Waals surface area contributed by atoms with Gasteiger partial charge in [-0.05, 0) is 26.3 Å². The van der Waals surface area contributed by atoms with Crippen LogP contribution in [0.1, 0.15) is 61.6 Å². The molecule has 120 valence electrons. The minimum Gasteiger partial charge on any atom is -0.339 e. The van der Waals surface area contributed by atoms with Gasteiger partial charge in [0.25, 0.3) is 0 Å². The molecule has 1 aliphatic heterocycles. The van der Waals surface area contributed by atoms with Crippen LogP contribution in [-0.4, -0.2) is 38.3 Å². The highest BCUT2D eigenvalue weighted by Crippen LogP contribution is 2.28. The number of hydrogen-bond donors (Lipinski definition) is 1. The summed E-state index contributed by atoms with van der Waals surface area (Å²) in [5.41, 5.74) is 1.83. The summed E-state index contributed by atoms with van der Waals surface area (Å²) in [6.07, 6.45) is 2.20. The molecule has 1 atom stereocenters. The molecule has 1 aliphatic rings. The van der Waals surface area contributed by atoms with Crippen LogP contribution < -0.4 is 0 Å². The quantitative estimate of drug-likeness (QED) is 0.935. The lowest BCUT2D eigenvalue weighted by Crippen LogP contribution is -2.34. The molecular formula is C15H22ClN5O. The Labute approximate surface area is 135 Å². The van der Waals surface area contributed by atoms with Crippen LogP contribution in [0.2, 0.25) is 5.02 Å². The first-order valence-electron chi connectivity index (χ1n) is 7.79. The van der Waals surface area contributed by atoms with Gasteiger partial charge in [0.2, 0.25) is 5.89 Å². The summed E-state index contributed by atoms with van der Waals surface area (Å²) in [6, 6.07) is 0. The van der Waals surface area contributed by atoms with Gasteiger partial charge in [-0.25, -0.2) is 0 Å². The smallest absolute Gasteiger partial charge is 0.231 e. The van der Waals surface area contributed by atoms with E-state index >= 15 is 0 Å². The molecule has 0 aliphatic carbocycles. The van der Waals surface area contributed by atoms with Gasteiger partial charge in [-0.2, -0.15) is 10.1 Å². The van der Waals surface area contributed by atoms with Crippen LogP contribution in [0, 0.1) is 6.92 Å². The minimum absolute atomic E-state index is 0.294. The number of hydrogen-bond acceptors (Lipinski definition) is 5. The summed E-state index contributed by atoms with van der Waals surface area (Å²) in [7, 11) is 0. The molecule has 0 spiro atoms. The van der Waals surface area contributed by atoms with Crippen LogP contribution in [0.5, 0.6) is 0 Å². The van der Waals surface area contributed by atoms with E-state index in [-0.39, 0.29) is 0 Å². The Kier molecular flexibility index (Phi) is 4.49. The summed E-state index contributed by atoms with van der Waals surface area (Å²) in [5.74, 6) is 2.14. The van der Waals surface area contributed by atoms with Crippen LogP contribution in [-0.2, 0) is 6.54 Å². The van der Waals surface area contributed by atoms with Gasteiger partial charge in [0.15, 0.2) is 5.82 Å². The van der Waals surface area contributed by atoms with Crippen LogP contribution in [0.25, 0.3) is 0 Å². The largest absolute Gasteiger partial charge is 0.339 e. The van der Waals surface area contributed by atoms with Crippen molar-refractivity contribution in [1.29, 1.82) is 0 Å². The molecular weight excluding hydrogens is 302 g/mol. The van der Waals surface area contributed by atoms with E-state index < -0.39 is 0 Å². The number of piperidine rings is 1. The predicted molar refractivity (Wildman–Crippen MR) is 84.0 cm³/mol. The molecule has 0 saturated carbocycles. The van der Waals surface area contributed by atoms with Crippen molar-refractivity contribution < 1.29 is 4.52 Å². The van der Waals surface area contributed by atoms with Gasteiger partial charge in [0.05, 0.1) is 22.3 Å². The van der Waals surface area contributed by atoms with Crippen LogP contribution in [0.3, 0.4) is 0 Å². The second kappa shape index (κ2) is 6.38. The second-order valence-electron chi connectivity index (χ2n) is 6.33. The van der Waals surface area contributed by atoms with E-state index in [0.29, 0.717) is 11.8 Å². The number of H-pyrrole nitrogens is 1. The Bertz CT molecular complexity index is 636. The predicted octanol–water partition coefficient (Wildman–Crippen LogP) is 3.26. The van der Waals surface area contributed by atoms with Gasteiger partial charge in [-0.3, -0.25) is 10.00 Å². The molecule has 2 aromatic heterocycles. The molecule has 6 nitrogen and oxygen atoms in total. The van der Waals surface area contributed by atoms with Crippen molar-refractivity contribution in [2.45, 2.75) is 52.0 Å². The summed E-state index contributed by atoms with van der Waals surface area (Å²) in [5, 5.41) is 12.0. The zero-order valence-electron chi connectivity index (χ0n) is 13.3. The van der Waals surface area contributed by atoms with Gasteiger partial charge >= 0.3 is 0 Å². The van der Waals surface area contributed by atoms with Gasteiger partial charge in [0, 0.05) is 19.0 Å². The molecule has 7 heteroatoms. The molecule has 0 unspecified atom stereocenters. The molecule has 22 heavy (non-hydrogen) atoms. The van der Waals surface area contributed by atoms with Gasteiger partial charge in [0.1, 0.15) is 0 Å². The Hall–Kier alpha value is -1.40. The highest BCUT2D eigenvalue weighted by Gasteiger charge is 2.27. The molecule has 1 N–H and O–H groups in total. The number of nitrogens with zero attached hydrogens (tertiary/aromatic N) is 4. The molecule has 3 rings (SSSR count). The zero-order valence-corrected chi connectivity index (χ0v) is 14.0. The maximum absolute atomic E-state index is 6.26. The lowest BCUT2D eigenvalue weighted by molar-refractivity contribution is 0.178. The molecule has 0 radical (unpaired) electrons. The number of aromatic amines is 1. The van der Waals surface area contributed by atoms with Crippen molar-refractivity contribution in [3.05, 3.63) is 28.1 Å². The maximum atomic E-state index is 6.26. The van der Waals surface area contributed by atoms with Crippen molar-refractivity contribution in [2.24, 2.45) is 0 Å². The number of halogens is 1. The van der Waals surface area contributed by atoms with E-state index in [2.05, 4.69) is 39.1 Å². The molecule has 0 bridgehead atoms. The van der Waals surface area contributed by atoms with Gasteiger partial charge < -0.3 is 4.52 Å². The fourth-order valence-electron chi connectivity index (χ4n) is 2.83. The number of aromatic nitrogens is 4. The normalized spacial score (nSPS) is 20.0. The Balaban J connectivity index is 1.67. The van der Waals surface area contributed by atoms with Crippen molar-refractivity contribution in [1.82, 2.24) is 25.2 Å². The van der Waals surface area contributed by atoms with Crippen LogP contribution in [0.15, 0.2) is 4.52 Å². The SMILES string of the molecule is Cc1[nH]nc(CN2CCC[C@H](c3nc(C(C)C)no3)C2)c1Cl. The molecule has 1 fully saturated rings. The molecule has 3 heterocycles. The number of likely N-dealkylation sites (tertiary alicyclic amines) is 1. The zero-order chi connectivity index (χ0) is 15.7. The third kappa shape index (κ3) is 3.17.